The molecule has 0 saturated heterocycles. The summed E-state index contributed by atoms with van der Waals surface area (Å²) in [4.78, 5) is 5.46. The lowest BCUT2D eigenvalue weighted by atomic mass is 10.0. The quantitative estimate of drug-likeness (QED) is 0.573. The highest BCUT2D eigenvalue weighted by atomic mass is 19.1. The number of pyridine rings is 1. The summed E-state index contributed by atoms with van der Waals surface area (Å²) in [6.45, 7) is 0. The molecule has 0 aliphatic heterocycles. The summed E-state index contributed by atoms with van der Waals surface area (Å²) in [6, 6.07) is 15.8. The van der Waals surface area contributed by atoms with Crippen LogP contribution in [0, 0.1) is 11.6 Å². The van der Waals surface area contributed by atoms with Gasteiger partial charge in [0.05, 0.1) is 11.3 Å². The van der Waals surface area contributed by atoms with Gasteiger partial charge in [-0.15, -0.1) is 15.0 Å². The molecular formula is C18H11F2N5. The Morgan fingerprint density at radius 1 is 0.840 bits per heavy atom. The molecule has 0 amide bonds. The van der Waals surface area contributed by atoms with Crippen LogP contribution < -0.4 is 0 Å². The number of hydrogen-bond donors (Lipinski definition) is 0. The molecule has 7 heteroatoms. The summed E-state index contributed by atoms with van der Waals surface area (Å²) in [7, 11) is 0. The SMILES string of the molecule is Fc1cccc(F)c1-c1cccc(-n2nnc(-c3ccccn3)n2)c1. The van der Waals surface area contributed by atoms with Crippen molar-refractivity contribution in [2.45, 2.75) is 0 Å². The van der Waals surface area contributed by atoms with Crippen molar-refractivity contribution in [1.29, 1.82) is 0 Å². The molecule has 0 radical (unpaired) electrons. The van der Waals surface area contributed by atoms with Gasteiger partial charge < -0.3 is 0 Å². The number of rotatable bonds is 3. The minimum absolute atomic E-state index is 0.0885. The maximum atomic E-state index is 14.0. The Morgan fingerprint density at radius 2 is 1.64 bits per heavy atom. The van der Waals surface area contributed by atoms with Crippen molar-refractivity contribution in [3.05, 3.63) is 78.5 Å². The van der Waals surface area contributed by atoms with Gasteiger partial charge in [-0.05, 0) is 47.2 Å². The fourth-order valence-corrected chi connectivity index (χ4v) is 2.48. The molecule has 0 saturated carbocycles. The molecule has 0 fully saturated rings. The normalized spacial score (nSPS) is 10.8. The first-order chi connectivity index (χ1) is 12.2. The highest BCUT2D eigenvalue weighted by Gasteiger charge is 2.13. The topological polar surface area (TPSA) is 56.5 Å². The molecule has 4 rings (SSSR count). The predicted octanol–water partition coefficient (Wildman–Crippen LogP) is 3.67. The van der Waals surface area contributed by atoms with Crippen molar-refractivity contribution < 1.29 is 8.78 Å². The van der Waals surface area contributed by atoms with E-state index in [0.29, 0.717) is 22.8 Å². The molecular weight excluding hydrogens is 324 g/mol. The summed E-state index contributed by atoms with van der Waals surface area (Å²) in [5, 5.41) is 12.2. The van der Waals surface area contributed by atoms with E-state index in [2.05, 4.69) is 20.4 Å². The Bertz CT molecular complexity index is 1010. The molecule has 2 heterocycles. The van der Waals surface area contributed by atoms with Gasteiger partial charge in [-0.25, -0.2) is 8.78 Å². The Morgan fingerprint density at radius 3 is 2.40 bits per heavy atom. The number of tetrazole rings is 1. The van der Waals surface area contributed by atoms with E-state index in [4.69, 9.17) is 0 Å². The van der Waals surface area contributed by atoms with Gasteiger partial charge in [0.1, 0.15) is 17.3 Å². The van der Waals surface area contributed by atoms with Gasteiger partial charge in [0.25, 0.3) is 0 Å². The summed E-state index contributed by atoms with van der Waals surface area (Å²) in [5.41, 5.74) is 1.43. The van der Waals surface area contributed by atoms with Crippen LogP contribution in [0.25, 0.3) is 28.3 Å². The third-order valence-electron chi connectivity index (χ3n) is 3.64. The average Bonchev–Trinajstić information content (AvgIpc) is 3.13. The van der Waals surface area contributed by atoms with E-state index in [-0.39, 0.29) is 5.56 Å². The fraction of sp³-hybridized carbons (Fsp3) is 0. The largest absolute Gasteiger partial charge is 0.253 e. The van der Waals surface area contributed by atoms with Crippen LogP contribution in [0.5, 0.6) is 0 Å². The van der Waals surface area contributed by atoms with Crippen LogP contribution in [-0.2, 0) is 0 Å². The monoisotopic (exact) mass is 335 g/mol. The standard InChI is InChI=1S/C18H11F2N5/c19-14-7-4-8-15(20)17(14)12-5-3-6-13(11-12)25-23-18(22-24-25)16-9-1-2-10-21-16/h1-11H. The average molecular weight is 335 g/mol. The summed E-state index contributed by atoms with van der Waals surface area (Å²) in [6.07, 6.45) is 1.64. The zero-order chi connectivity index (χ0) is 17.2. The molecule has 122 valence electrons. The lowest BCUT2D eigenvalue weighted by Crippen LogP contribution is -2.00. The second-order valence-electron chi connectivity index (χ2n) is 5.26. The van der Waals surface area contributed by atoms with Crippen molar-refractivity contribution in [1.82, 2.24) is 25.2 Å². The Labute approximate surface area is 141 Å². The van der Waals surface area contributed by atoms with Gasteiger partial charge >= 0.3 is 0 Å². The lowest BCUT2D eigenvalue weighted by Gasteiger charge is -2.06. The van der Waals surface area contributed by atoms with Crippen molar-refractivity contribution in [2.75, 3.05) is 0 Å². The van der Waals surface area contributed by atoms with Crippen molar-refractivity contribution >= 4 is 0 Å². The van der Waals surface area contributed by atoms with Crippen LogP contribution in [-0.4, -0.2) is 25.2 Å². The third-order valence-corrected chi connectivity index (χ3v) is 3.64. The minimum Gasteiger partial charge on any atom is -0.253 e. The van der Waals surface area contributed by atoms with Gasteiger partial charge in [0.15, 0.2) is 0 Å². The molecule has 25 heavy (non-hydrogen) atoms. The Hall–Kier alpha value is -3.48. The molecule has 0 spiro atoms. The zero-order valence-electron chi connectivity index (χ0n) is 12.8. The molecule has 0 unspecified atom stereocenters. The second-order valence-corrected chi connectivity index (χ2v) is 5.26. The molecule has 0 aliphatic rings. The van der Waals surface area contributed by atoms with E-state index in [1.54, 1.807) is 42.6 Å². The van der Waals surface area contributed by atoms with E-state index >= 15 is 0 Å². The predicted molar refractivity (Wildman–Crippen MR) is 87.7 cm³/mol. The fourth-order valence-electron chi connectivity index (χ4n) is 2.48. The van der Waals surface area contributed by atoms with Crippen LogP contribution in [0.2, 0.25) is 0 Å². The van der Waals surface area contributed by atoms with E-state index in [0.717, 1.165) is 0 Å². The molecule has 2 aromatic carbocycles. The first-order valence-electron chi connectivity index (χ1n) is 7.48. The van der Waals surface area contributed by atoms with E-state index in [1.165, 1.54) is 23.0 Å². The zero-order valence-corrected chi connectivity index (χ0v) is 12.8. The molecule has 4 aromatic rings. The molecule has 0 N–H and O–H groups in total. The van der Waals surface area contributed by atoms with Gasteiger partial charge in [-0.3, -0.25) is 4.98 Å². The number of halogens is 2. The van der Waals surface area contributed by atoms with Crippen LogP contribution in [0.15, 0.2) is 66.9 Å². The Balaban J connectivity index is 1.75. The second kappa shape index (κ2) is 6.20. The summed E-state index contributed by atoms with van der Waals surface area (Å²) < 4.78 is 28.0. The van der Waals surface area contributed by atoms with Gasteiger partial charge in [0.2, 0.25) is 5.82 Å². The maximum absolute atomic E-state index is 14.0. The highest BCUT2D eigenvalue weighted by molar-refractivity contribution is 5.67. The van der Waals surface area contributed by atoms with E-state index in [9.17, 15) is 8.78 Å². The number of nitrogens with zero attached hydrogens (tertiary/aromatic N) is 5. The summed E-state index contributed by atoms with van der Waals surface area (Å²) in [5.74, 6) is -0.890. The Kier molecular flexibility index (Phi) is 3.74. The number of benzene rings is 2. The number of hydrogen-bond acceptors (Lipinski definition) is 4. The summed E-state index contributed by atoms with van der Waals surface area (Å²) >= 11 is 0. The third kappa shape index (κ3) is 2.87. The lowest BCUT2D eigenvalue weighted by molar-refractivity contribution is 0.589. The van der Waals surface area contributed by atoms with Crippen molar-refractivity contribution in [2.24, 2.45) is 0 Å². The first kappa shape index (κ1) is 15.1. The van der Waals surface area contributed by atoms with Crippen molar-refractivity contribution in [3.8, 4) is 28.3 Å². The van der Waals surface area contributed by atoms with E-state index in [1.807, 2.05) is 6.07 Å². The molecule has 0 bridgehead atoms. The first-order valence-corrected chi connectivity index (χ1v) is 7.48. The van der Waals surface area contributed by atoms with Crippen LogP contribution in [0.3, 0.4) is 0 Å². The minimum atomic E-state index is -0.627. The van der Waals surface area contributed by atoms with Gasteiger partial charge in [-0.2, -0.15) is 0 Å². The van der Waals surface area contributed by atoms with Crippen LogP contribution in [0.4, 0.5) is 8.78 Å². The van der Waals surface area contributed by atoms with Crippen molar-refractivity contribution in [3.63, 3.8) is 0 Å². The van der Waals surface area contributed by atoms with Gasteiger partial charge in [-0.1, -0.05) is 24.3 Å². The molecule has 2 aromatic heterocycles. The molecule has 0 atom stereocenters. The van der Waals surface area contributed by atoms with Crippen LogP contribution >= 0.6 is 0 Å². The smallest absolute Gasteiger partial charge is 0.223 e. The van der Waals surface area contributed by atoms with E-state index < -0.39 is 11.6 Å². The van der Waals surface area contributed by atoms with Gasteiger partial charge in [0, 0.05) is 6.20 Å². The van der Waals surface area contributed by atoms with Crippen LogP contribution in [0.1, 0.15) is 0 Å². The molecule has 5 nitrogen and oxygen atoms in total. The highest BCUT2D eigenvalue weighted by Crippen LogP contribution is 2.27. The maximum Gasteiger partial charge on any atom is 0.223 e. The number of aromatic nitrogens is 5. The molecule has 0 aliphatic carbocycles.